The van der Waals surface area contributed by atoms with Crippen LogP contribution in [0.25, 0.3) is 0 Å². The summed E-state index contributed by atoms with van der Waals surface area (Å²) < 4.78 is 5.28. The van der Waals surface area contributed by atoms with E-state index in [9.17, 15) is 4.79 Å². The van der Waals surface area contributed by atoms with Crippen LogP contribution in [-0.2, 0) is 11.2 Å². The van der Waals surface area contributed by atoms with E-state index < -0.39 is 0 Å². The quantitative estimate of drug-likeness (QED) is 0.781. The van der Waals surface area contributed by atoms with Crippen molar-refractivity contribution in [1.82, 2.24) is 15.1 Å². The number of nitrogens with one attached hydrogen (secondary N) is 1. The number of amides is 1. The van der Waals surface area contributed by atoms with Crippen molar-refractivity contribution in [3.63, 3.8) is 0 Å². The number of carbonyl (C=O) groups is 1. The van der Waals surface area contributed by atoms with Crippen molar-refractivity contribution in [2.45, 2.75) is 18.9 Å². The molecule has 2 rings (SSSR count). The molecule has 0 aromatic carbocycles. The number of rotatable bonds is 4. The van der Waals surface area contributed by atoms with E-state index in [1.165, 1.54) is 0 Å². The average Bonchev–Trinajstić information content (AvgIpc) is 2.82. The highest BCUT2D eigenvalue weighted by Crippen LogP contribution is 2.15. The van der Waals surface area contributed by atoms with Crippen molar-refractivity contribution in [1.29, 1.82) is 0 Å². The van der Waals surface area contributed by atoms with Crippen LogP contribution in [0, 0.1) is 0 Å². The summed E-state index contributed by atoms with van der Waals surface area (Å²) in [5.41, 5.74) is 0. The van der Waals surface area contributed by atoms with Gasteiger partial charge < -0.3 is 14.6 Å². The van der Waals surface area contributed by atoms with Gasteiger partial charge in [0.25, 0.3) is 0 Å². The van der Waals surface area contributed by atoms with Crippen LogP contribution in [0.5, 0.6) is 0 Å². The summed E-state index contributed by atoms with van der Waals surface area (Å²) in [5.74, 6) is 0.973. The first kappa shape index (κ1) is 11.2. The molecule has 16 heavy (non-hydrogen) atoms. The molecule has 1 fully saturated rings. The van der Waals surface area contributed by atoms with E-state index in [-0.39, 0.29) is 18.0 Å². The third-order valence-electron chi connectivity index (χ3n) is 2.50. The summed E-state index contributed by atoms with van der Waals surface area (Å²) in [7, 11) is 1.77. The Bertz CT molecular complexity index is 381. The molecule has 88 valence electrons. The minimum absolute atomic E-state index is 0.0529. The number of anilines is 1. The van der Waals surface area contributed by atoms with E-state index in [0.717, 1.165) is 13.0 Å². The van der Waals surface area contributed by atoms with Crippen molar-refractivity contribution >= 4 is 23.5 Å². The number of likely N-dealkylation sites (tertiary alicyclic amines) is 1. The molecule has 0 bridgehead atoms. The van der Waals surface area contributed by atoms with Gasteiger partial charge in [-0.15, -0.1) is 16.7 Å². The third kappa shape index (κ3) is 2.27. The van der Waals surface area contributed by atoms with Crippen LogP contribution in [-0.4, -0.2) is 46.5 Å². The molecule has 1 unspecified atom stereocenters. The van der Waals surface area contributed by atoms with Gasteiger partial charge in [-0.1, -0.05) is 5.10 Å². The third-order valence-corrected chi connectivity index (χ3v) is 2.69. The number of aryl methyl sites for hydroxylation is 1. The second-order valence-electron chi connectivity index (χ2n) is 3.69. The maximum atomic E-state index is 11.6. The number of aromatic nitrogens is 2. The molecule has 0 aliphatic carbocycles. The first-order chi connectivity index (χ1) is 7.70. The Morgan fingerprint density at radius 2 is 2.44 bits per heavy atom. The fraction of sp³-hybridized carbons (Fsp3) is 0.667. The number of hydrogen-bond donors (Lipinski definition) is 1. The summed E-state index contributed by atoms with van der Waals surface area (Å²) in [6, 6.07) is 0.0306. The van der Waals surface area contributed by atoms with Gasteiger partial charge in [0.05, 0.1) is 0 Å². The monoisotopic (exact) mass is 244 g/mol. The summed E-state index contributed by atoms with van der Waals surface area (Å²) >= 11 is 5.55. The summed E-state index contributed by atoms with van der Waals surface area (Å²) in [6.07, 6.45) is 1.29. The van der Waals surface area contributed by atoms with E-state index in [0.29, 0.717) is 18.2 Å². The van der Waals surface area contributed by atoms with Gasteiger partial charge in [0.1, 0.15) is 6.04 Å². The van der Waals surface area contributed by atoms with Crippen molar-refractivity contribution in [3.8, 4) is 0 Å². The summed E-state index contributed by atoms with van der Waals surface area (Å²) in [6.45, 7) is 0.749. The number of halogens is 1. The maximum Gasteiger partial charge on any atom is 0.316 e. The Morgan fingerprint density at radius 3 is 3.06 bits per heavy atom. The molecule has 6 nitrogen and oxygen atoms in total. The van der Waals surface area contributed by atoms with Gasteiger partial charge in [-0.05, 0) is 6.42 Å². The summed E-state index contributed by atoms with van der Waals surface area (Å²) in [5, 5.41) is 10.5. The van der Waals surface area contributed by atoms with Gasteiger partial charge in [0, 0.05) is 25.9 Å². The van der Waals surface area contributed by atoms with Crippen LogP contribution < -0.4 is 5.32 Å². The van der Waals surface area contributed by atoms with Gasteiger partial charge in [-0.3, -0.25) is 4.79 Å². The average molecular weight is 245 g/mol. The molecule has 1 aromatic rings. The van der Waals surface area contributed by atoms with E-state index in [2.05, 4.69) is 15.5 Å². The van der Waals surface area contributed by atoms with Crippen molar-refractivity contribution < 1.29 is 9.21 Å². The van der Waals surface area contributed by atoms with E-state index >= 15 is 0 Å². The smallest absolute Gasteiger partial charge is 0.316 e. The SMILES string of the molecule is CN1CCC(Nc2nnc(CCCl)o2)C1=O. The number of carbonyl (C=O) groups excluding carboxylic acids is 1. The number of hydrogen-bond acceptors (Lipinski definition) is 5. The van der Waals surface area contributed by atoms with Gasteiger partial charge in [-0.25, -0.2) is 0 Å². The Morgan fingerprint density at radius 1 is 1.62 bits per heavy atom. The Hall–Kier alpha value is -1.30. The molecule has 1 atom stereocenters. The maximum absolute atomic E-state index is 11.6. The Kier molecular flexibility index (Phi) is 3.28. The predicted molar refractivity (Wildman–Crippen MR) is 58.4 cm³/mol. The molecule has 0 saturated carbocycles. The highest BCUT2D eigenvalue weighted by molar-refractivity contribution is 6.17. The molecule has 1 saturated heterocycles. The van der Waals surface area contributed by atoms with Crippen LogP contribution in [0.3, 0.4) is 0 Å². The molecule has 1 N–H and O–H groups in total. The highest BCUT2D eigenvalue weighted by Gasteiger charge is 2.30. The molecule has 7 heteroatoms. The van der Waals surface area contributed by atoms with E-state index in [1.54, 1.807) is 11.9 Å². The molecule has 0 radical (unpaired) electrons. The molecular formula is C9H13ClN4O2. The first-order valence-electron chi connectivity index (χ1n) is 5.10. The van der Waals surface area contributed by atoms with Crippen LogP contribution in [0.2, 0.25) is 0 Å². The Labute approximate surface area is 98.0 Å². The van der Waals surface area contributed by atoms with Crippen molar-refractivity contribution in [2.24, 2.45) is 0 Å². The molecule has 1 aliphatic rings. The Balaban J connectivity index is 1.96. The molecular weight excluding hydrogens is 232 g/mol. The number of alkyl halides is 1. The molecule has 2 heterocycles. The lowest BCUT2D eigenvalue weighted by atomic mass is 10.2. The molecule has 0 spiro atoms. The zero-order valence-corrected chi connectivity index (χ0v) is 9.70. The fourth-order valence-corrected chi connectivity index (χ4v) is 1.76. The van der Waals surface area contributed by atoms with Crippen molar-refractivity contribution in [2.75, 3.05) is 24.8 Å². The number of nitrogens with zero attached hydrogens (tertiary/aromatic N) is 3. The minimum atomic E-state index is -0.255. The van der Waals surface area contributed by atoms with Crippen LogP contribution >= 0.6 is 11.6 Å². The number of likely N-dealkylation sites (N-methyl/N-ethyl adjacent to an activating group) is 1. The zero-order valence-electron chi connectivity index (χ0n) is 8.94. The van der Waals surface area contributed by atoms with Crippen molar-refractivity contribution in [3.05, 3.63) is 5.89 Å². The van der Waals surface area contributed by atoms with Gasteiger partial charge >= 0.3 is 6.01 Å². The molecule has 1 aromatic heterocycles. The second kappa shape index (κ2) is 4.69. The van der Waals surface area contributed by atoms with Gasteiger partial charge in [-0.2, -0.15) is 0 Å². The molecule has 1 aliphatic heterocycles. The second-order valence-corrected chi connectivity index (χ2v) is 4.06. The predicted octanol–water partition coefficient (Wildman–Crippen LogP) is 0.493. The zero-order chi connectivity index (χ0) is 11.5. The van der Waals surface area contributed by atoms with E-state index in [1.807, 2.05) is 0 Å². The molecule has 1 amide bonds. The largest absolute Gasteiger partial charge is 0.408 e. The topological polar surface area (TPSA) is 71.3 Å². The first-order valence-corrected chi connectivity index (χ1v) is 5.64. The van der Waals surface area contributed by atoms with Gasteiger partial charge in [0.15, 0.2) is 0 Å². The highest BCUT2D eigenvalue weighted by atomic mass is 35.5. The minimum Gasteiger partial charge on any atom is -0.408 e. The lowest BCUT2D eigenvalue weighted by Crippen LogP contribution is -2.31. The summed E-state index contributed by atoms with van der Waals surface area (Å²) in [4.78, 5) is 13.3. The van der Waals surface area contributed by atoms with Crippen LogP contribution in [0.15, 0.2) is 4.42 Å². The van der Waals surface area contributed by atoms with Crippen LogP contribution in [0.1, 0.15) is 12.3 Å². The van der Waals surface area contributed by atoms with Crippen LogP contribution in [0.4, 0.5) is 6.01 Å². The van der Waals surface area contributed by atoms with Gasteiger partial charge in [0.2, 0.25) is 11.8 Å². The normalized spacial score (nSPS) is 20.5. The standard InChI is InChI=1S/C9H13ClN4O2/c1-14-5-3-6(8(14)15)11-9-13-12-7(16-9)2-4-10/h6H,2-5H2,1H3,(H,11,13). The lowest BCUT2D eigenvalue weighted by molar-refractivity contribution is -0.127. The fourth-order valence-electron chi connectivity index (χ4n) is 1.60. The van der Waals surface area contributed by atoms with E-state index in [4.69, 9.17) is 16.0 Å². The lowest BCUT2D eigenvalue weighted by Gasteiger charge is -2.09.